The first-order chi connectivity index (χ1) is 15.6. The van der Waals surface area contributed by atoms with E-state index in [0.717, 1.165) is 36.1 Å². The van der Waals surface area contributed by atoms with Crippen molar-refractivity contribution in [2.45, 2.75) is 32.3 Å². The third kappa shape index (κ3) is 3.91. The number of rotatable bonds is 4. The highest BCUT2D eigenvalue weighted by Gasteiger charge is 2.24. The SMILES string of the molecule is Cc1c(C(=O)N(C)C[C@@H]2COCCO2)cnn1-c1ncc2c(n1)-c1ccccc1CCC2. The summed E-state index contributed by atoms with van der Waals surface area (Å²) in [6.45, 7) is 4.00. The van der Waals surface area contributed by atoms with Crippen molar-refractivity contribution in [1.29, 1.82) is 0 Å². The summed E-state index contributed by atoms with van der Waals surface area (Å²) in [6, 6.07) is 8.40. The Balaban J connectivity index is 1.43. The van der Waals surface area contributed by atoms with E-state index in [1.54, 1.807) is 22.8 Å². The van der Waals surface area contributed by atoms with Gasteiger partial charge in [-0.15, -0.1) is 0 Å². The largest absolute Gasteiger partial charge is 0.376 e. The Bertz CT molecular complexity index is 1140. The molecule has 1 aliphatic carbocycles. The Hall–Kier alpha value is -3.10. The molecule has 0 spiro atoms. The molecule has 8 heteroatoms. The molecule has 1 amide bonds. The number of hydrogen-bond donors (Lipinski definition) is 0. The third-order valence-corrected chi connectivity index (χ3v) is 6.16. The van der Waals surface area contributed by atoms with Crippen LogP contribution in [0.1, 0.15) is 33.6 Å². The molecule has 1 atom stereocenters. The summed E-state index contributed by atoms with van der Waals surface area (Å²) in [5.41, 5.74) is 5.80. The Kier molecular flexibility index (Phi) is 5.71. The molecule has 0 N–H and O–H groups in total. The number of amides is 1. The molecule has 1 aliphatic heterocycles. The second-order valence-corrected chi connectivity index (χ2v) is 8.36. The van der Waals surface area contributed by atoms with Crippen molar-refractivity contribution in [1.82, 2.24) is 24.6 Å². The molecule has 3 heterocycles. The third-order valence-electron chi connectivity index (χ3n) is 6.16. The van der Waals surface area contributed by atoms with E-state index >= 15 is 0 Å². The van der Waals surface area contributed by atoms with Crippen LogP contribution in [0.3, 0.4) is 0 Å². The van der Waals surface area contributed by atoms with E-state index < -0.39 is 0 Å². The molecular weight excluding hydrogens is 406 g/mol. The van der Waals surface area contributed by atoms with Gasteiger partial charge < -0.3 is 14.4 Å². The van der Waals surface area contributed by atoms with Gasteiger partial charge in [-0.05, 0) is 37.3 Å². The molecular formula is C24H27N5O3. The van der Waals surface area contributed by atoms with E-state index in [-0.39, 0.29) is 12.0 Å². The number of fused-ring (bicyclic) bond motifs is 3. The van der Waals surface area contributed by atoms with Gasteiger partial charge in [-0.1, -0.05) is 24.3 Å². The van der Waals surface area contributed by atoms with Gasteiger partial charge in [0.1, 0.15) is 0 Å². The van der Waals surface area contributed by atoms with Gasteiger partial charge in [-0.2, -0.15) is 5.10 Å². The zero-order valence-electron chi connectivity index (χ0n) is 18.5. The van der Waals surface area contributed by atoms with Crippen LogP contribution < -0.4 is 0 Å². The second kappa shape index (κ2) is 8.80. The first-order valence-corrected chi connectivity index (χ1v) is 11.1. The Morgan fingerprint density at radius 1 is 1.19 bits per heavy atom. The van der Waals surface area contributed by atoms with Crippen LogP contribution in [0.5, 0.6) is 0 Å². The summed E-state index contributed by atoms with van der Waals surface area (Å²) in [7, 11) is 1.77. The molecule has 32 heavy (non-hydrogen) atoms. The lowest BCUT2D eigenvalue weighted by atomic mass is 10.0. The predicted molar refractivity (Wildman–Crippen MR) is 119 cm³/mol. The number of carbonyl (C=O) groups excluding carboxylic acids is 1. The highest BCUT2D eigenvalue weighted by atomic mass is 16.6. The van der Waals surface area contributed by atoms with Crippen LogP contribution >= 0.6 is 0 Å². The molecule has 0 bridgehead atoms. The zero-order valence-corrected chi connectivity index (χ0v) is 18.5. The number of likely N-dealkylation sites (N-methyl/N-ethyl adjacent to an activating group) is 1. The van der Waals surface area contributed by atoms with Crippen LogP contribution in [0, 0.1) is 6.92 Å². The van der Waals surface area contributed by atoms with Crippen LogP contribution in [0.15, 0.2) is 36.7 Å². The van der Waals surface area contributed by atoms with E-state index in [1.807, 2.05) is 19.2 Å². The van der Waals surface area contributed by atoms with Crippen LogP contribution in [0.2, 0.25) is 0 Å². The minimum Gasteiger partial charge on any atom is -0.376 e. The quantitative estimate of drug-likeness (QED) is 0.629. The van der Waals surface area contributed by atoms with Crippen molar-refractivity contribution in [3.8, 4) is 17.2 Å². The molecule has 0 unspecified atom stereocenters. The van der Waals surface area contributed by atoms with Crippen molar-refractivity contribution in [3.05, 3.63) is 59.0 Å². The maximum absolute atomic E-state index is 13.1. The van der Waals surface area contributed by atoms with E-state index in [0.29, 0.717) is 43.6 Å². The standard InChI is InChI=1S/C24H27N5O3/c1-16-21(23(30)28(2)14-19-15-31-10-11-32-19)13-26-29(16)24-25-12-18-8-5-7-17-6-3-4-9-20(17)22(18)27-24/h3-4,6,9,12-13,19H,5,7-8,10-11,14-15H2,1-2H3/t19-/m1/s1. The van der Waals surface area contributed by atoms with Crippen molar-refractivity contribution in [2.24, 2.45) is 0 Å². The maximum Gasteiger partial charge on any atom is 0.257 e. The Morgan fingerprint density at radius 3 is 2.88 bits per heavy atom. The lowest BCUT2D eigenvalue weighted by Gasteiger charge is -2.27. The number of hydrogen-bond acceptors (Lipinski definition) is 6. The van der Waals surface area contributed by atoms with Crippen LogP contribution in [0.4, 0.5) is 0 Å². The number of aromatic nitrogens is 4. The van der Waals surface area contributed by atoms with Gasteiger partial charge in [0.25, 0.3) is 11.9 Å². The molecule has 5 rings (SSSR count). The van der Waals surface area contributed by atoms with Gasteiger partial charge in [0.2, 0.25) is 0 Å². The fourth-order valence-corrected chi connectivity index (χ4v) is 4.41. The highest BCUT2D eigenvalue weighted by molar-refractivity contribution is 5.95. The first kappa shape index (κ1) is 20.8. The molecule has 1 saturated heterocycles. The normalized spacial score (nSPS) is 17.9. The number of aryl methyl sites for hydroxylation is 2. The van der Waals surface area contributed by atoms with Gasteiger partial charge in [-0.3, -0.25) is 4.79 Å². The molecule has 166 valence electrons. The van der Waals surface area contributed by atoms with Crippen molar-refractivity contribution in [2.75, 3.05) is 33.4 Å². The summed E-state index contributed by atoms with van der Waals surface area (Å²) >= 11 is 0. The summed E-state index contributed by atoms with van der Waals surface area (Å²) in [5.74, 6) is 0.367. The van der Waals surface area contributed by atoms with E-state index in [1.165, 1.54) is 5.56 Å². The van der Waals surface area contributed by atoms with E-state index in [9.17, 15) is 4.79 Å². The first-order valence-electron chi connectivity index (χ1n) is 11.1. The number of carbonyl (C=O) groups is 1. The fourth-order valence-electron chi connectivity index (χ4n) is 4.41. The molecule has 3 aromatic rings. The summed E-state index contributed by atoms with van der Waals surface area (Å²) in [4.78, 5) is 24.2. The smallest absolute Gasteiger partial charge is 0.257 e. The van der Waals surface area contributed by atoms with Gasteiger partial charge in [-0.25, -0.2) is 14.6 Å². The van der Waals surface area contributed by atoms with Crippen LogP contribution in [0.25, 0.3) is 17.2 Å². The van der Waals surface area contributed by atoms with Gasteiger partial charge in [0.05, 0.1) is 49.1 Å². The zero-order chi connectivity index (χ0) is 22.1. The Labute approximate surface area is 187 Å². The lowest BCUT2D eigenvalue weighted by molar-refractivity contribution is -0.0933. The van der Waals surface area contributed by atoms with Crippen LogP contribution in [-0.4, -0.2) is 70.1 Å². The maximum atomic E-state index is 13.1. The number of nitrogens with zero attached hydrogens (tertiary/aromatic N) is 5. The van der Waals surface area contributed by atoms with Crippen molar-refractivity contribution < 1.29 is 14.3 Å². The van der Waals surface area contributed by atoms with Gasteiger partial charge in [0, 0.05) is 25.4 Å². The second-order valence-electron chi connectivity index (χ2n) is 8.36. The summed E-state index contributed by atoms with van der Waals surface area (Å²) in [6.07, 6.45) is 6.44. The predicted octanol–water partition coefficient (Wildman–Crippen LogP) is 2.61. The topological polar surface area (TPSA) is 82.4 Å². The van der Waals surface area contributed by atoms with Crippen molar-refractivity contribution in [3.63, 3.8) is 0 Å². The number of benzene rings is 1. The van der Waals surface area contributed by atoms with Crippen LogP contribution in [-0.2, 0) is 22.3 Å². The summed E-state index contributed by atoms with van der Waals surface area (Å²) < 4.78 is 12.8. The monoisotopic (exact) mass is 433 g/mol. The number of ether oxygens (including phenoxy) is 2. The average molecular weight is 434 g/mol. The van der Waals surface area contributed by atoms with E-state index in [2.05, 4.69) is 28.3 Å². The Morgan fingerprint density at radius 2 is 2.03 bits per heavy atom. The average Bonchev–Trinajstić information content (AvgIpc) is 3.10. The van der Waals surface area contributed by atoms with Crippen molar-refractivity contribution >= 4 is 5.91 Å². The molecule has 1 aromatic carbocycles. The van der Waals surface area contributed by atoms with Gasteiger partial charge in [0.15, 0.2) is 0 Å². The lowest BCUT2D eigenvalue weighted by Crippen LogP contribution is -2.40. The molecule has 1 fully saturated rings. The molecule has 0 radical (unpaired) electrons. The molecule has 0 saturated carbocycles. The molecule has 2 aliphatic rings. The summed E-state index contributed by atoms with van der Waals surface area (Å²) in [5, 5.41) is 4.45. The molecule has 8 nitrogen and oxygen atoms in total. The molecule has 2 aromatic heterocycles. The van der Waals surface area contributed by atoms with E-state index in [4.69, 9.17) is 14.5 Å². The highest BCUT2D eigenvalue weighted by Crippen LogP contribution is 2.31. The minimum atomic E-state index is -0.110. The van der Waals surface area contributed by atoms with Gasteiger partial charge >= 0.3 is 0 Å². The minimum absolute atomic E-state index is 0.108. The fraction of sp³-hybridized carbons (Fsp3) is 0.417.